The third-order valence-electron chi connectivity index (χ3n) is 4.83. The predicted octanol–water partition coefficient (Wildman–Crippen LogP) is 4.67. The molecule has 21 heavy (non-hydrogen) atoms. The van der Waals surface area contributed by atoms with Gasteiger partial charge in [0, 0.05) is 17.4 Å². The second-order valence-corrected chi connectivity index (χ2v) is 6.08. The van der Waals surface area contributed by atoms with E-state index in [4.69, 9.17) is 0 Å². The van der Waals surface area contributed by atoms with Crippen LogP contribution in [0.3, 0.4) is 0 Å². The summed E-state index contributed by atoms with van der Waals surface area (Å²) in [4.78, 5) is 0. The molecule has 1 fully saturated rings. The number of hydrogen-bond acceptors (Lipinski definition) is 1. The molecule has 4 rings (SSSR count). The smallest absolute Gasteiger partial charge is 0.224 e. The summed E-state index contributed by atoms with van der Waals surface area (Å²) in [6, 6.07) is 16.3. The van der Waals surface area contributed by atoms with Crippen molar-refractivity contribution in [2.45, 2.75) is 38.0 Å². The van der Waals surface area contributed by atoms with Crippen molar-refractivity contribution in [2.75, 3.05) is 0 Å². The molecular formula is C19H19NO. The molecule has 1 aliphatic carbocycles. The molecule has 1 saturated carbocycles. The molecule has 0 bridgehead atoms. The van der Waals surface area contributed by atoms with Gasteiger partial charge in [-0.2, -0.15) is 4.73 Å². The zero-order valence-electron chi connectivity index (χ0n) is 12.1. The molecular weight excluding hydrogens is 258 g/mol. The van der Waals surface area contributed by atoms with Gasteiger partial charge in [0.15, 0.2) is 0 Å². The zero-order chi connectivity index (χ0) is 14.2. The molecule has 0 spiro atoms. The van der Waals surface area contributed by atoms with Crippen LogP contribution in [0.15, 0.2) is 48.5 Å². The monoisotopic (exact) mass is 277 g/mol. The molecule has 0 amide bonds. The fraction of sp³-hybridized carbons (Fsp3) is 0.316. The fourth-order valence-corrected chi connectivity index (χ4v) is 3.82. The third kappa shape index (κ3) is 1.98. The first-order chi connectivity index (χ1) is 10.4. The van der Waals surface area contributed by atoms with Gasteiger partial charge in [-0.05, 0) is 25.0 Å². The highest BCUT2D eigenvalue weighted by Crippen LogP contribution is 2.36. The summed E-state index contributed by atoms with van der Waals surface area (Å²) in [7, 11) is 0. The summed E-state index contributed by atoms with van der Waals surface area (Å²) in [5.74, 6) is 0.408. The maximum Gasteiger partial charge on any atom is 0.224 e. The van der Waals surface area contributed by atoms with Crippen LogP contribution in [0.25, 0.3) is 21.7 Å². The molecule has 1 aromatic heterocycles. The van der Waals surface area contributed by atoms with Gasteiger partial charge in [-0.25, -0.2) is 0 Å². The molecule has 1 aliphatic rings. The van der Waals surface area contributed by atoms with Crippen molar-refractivity contribution >= 4 is 21.7 Å². The molecule has 0 saturated heterocycles. The van der Waals surface area contributed by atoms with Crippen LogP contribution in [0.5, 0.6) is 0 Å². The summed E-state index contributed by atoms with van der Waals surface area (Å²) in [5.41, 5.74) is 1.79. The Hall–Kier alpha value is -2.09. The van der Waals surface area contributed by atoms with E-state index in [0.717, 1.165) is 34.8 Å². The predicted molar refractivity (Wildman–Crippen MR) is 86.2 cm³/mol. The lowest BCUT2D eigenvalue weighted by Crippen LogP contribution is -2.35. The Morgan fingerprint density at radius 3 is 2.14 bits per heavy atom. The topological polar surface area (TPSA) is 26.9 Å². The average Bonchev–Trinajstić information content (AvgIpc) is 2.56. The van der Waals surface area contributed by atoms with Crippen LogP contribution in [-0.2, 0) is 0 Å². The van der Waals surface area contributed by atoms with Crippen molar-refractivity contribution in [2.24, 2.45) is 0 Å². The largest absolute Gasteiger partial charge is 0.618 e. The summed E-state index contributed by atoms with van der Waals surface area (Å²) >= 11 is 0. The maximum atomic E-state index is 13.0. The van der Waals surface area contributed by atoms with Gasteiger partial charge in [0.1, 0.15) is 0 Å². The highest BCUT2D eigenvalue weighted by molar-refractivity contribution is 6.05. The zero-order valence-corrected chi connectivity index (χ0v) is 12.1. The fourth-order valence-electron chi connectivity index (χ4n) is 3.82. The van der Waals surface area contributed by atoms with Crippen LogP contribution in [0, 0.1) is 5.21 Å². The minimum atomic E-state index is 0.408. The van der Waals surface area contributed by atoms with Crippen molar-refractivity contribution in [1.82, 2.24) is 0 Å². The first-order valence-electron chi connectivity index (χ1n) is 7.89. The number of para-hydroxylation sites is 1. The lowest BCUT2D eigenvalue weighted by atomic mass is 9.84. The van der Waals surface area contributed by atoms with E-state index < -0.39 is 0 Å². The Labute approximate surface area is 124 Å². The molecule has 0 N–H and O–H groups in total. The van der Waals surface area contributed by atoms with Crippen LogP contribution in [0.1, 0.15) is 43.7 Å². The van der Waals surface area contributed by atoms with E-state index in [1.165, 1.54) is 29.4 Å². The quantitative estimate of drug-likeness (QED) is 0.360. The molecule has 0 radical (unpaired) electrons. The van der Waals surface area contributed by atoms with Crippen molar-refractivity contribution < 1.29 is 4.73 Å². The van der Waals surface area contributed by atoms with Crippen molar-refractivity contribution in [3.05, 3.63) is 59.4 Å². The molecule has 3 aromatic rings. The number of rotatable bonds is 1. The summed E-state index contributed by atoms with van der Waals surface area (Å²) in [6.07, 6.45) is 6.08. The third-order valence-corrected chi connectivity index (χ3v) is 4.83. The standard InChI is InChI=1S/C19H19NO/c21-20-18-13-7-6-11-16(18)15-10-4-5-12-17(15)19(20)14-8-2-1-3-9-14/h4-7,10-14H,1-3,8-9H2. The van der Waals surface area contributed by atoms with Crippen LogP contribution >= 0.6 is 0 Å². The Morgan fingerprint density at radius 2 is 1.38 bits per heavy atom. The number of benzene rings is 2. The van der Waals surface area contributed by atoms with E-state index in [0.29, 0.717) is 5.92 Å². The van der Waals surface area contributed by atoms with Gasteiger partial charge < -0.3 is 5.21 Å². The highest BCUT2D eigenvalue weighted by Gasteiger charge is 2.27. The van der Waals surface area contributed by atoms with E-state index in [1.807, 2.05) is 24.3 Å². The first-order valence-corrected chi connectivity index (χ1v) is 7.89. The molecule has 0 unspecified atom stereocenters. The maximum absolute atomic E-state index is 13.0. The molecule has 0 atom stereocenters. The highest BCUT2D eigenvalue weighted by atomic mass is 16.5. The van der Waals surface area contributed by atoms with E-state index in [2.05, 4.69) is 24.3 Å². The van der Waals surface area contributed by atoms with Gasteiger partial charge in [0.2, 0.25) is 11.2 Å². The minimum Gasteiger partial charge on any atom is -0.618 e. The Kier molecular flexibility index (Phi) is 3.03. The van der Waals surface area contributed by atoms with Gasteiger partial charge in [-0.3, -0.25) is 0 Å². The normalized spacial score (nSPS) is 16.6. The second-order valence-electron chi connectivity index (χ2n) is 6.08. The molecule has 2 heteroatoms. The Morgan fingerprint density at radius 1 is 0.762 bits per heavy atom. The van der Waals surface area contributed by atoms with Crippen molar-refractivity contribution in [1.29, 1.82) is 0 Å². The number of nitrogens with zero attached hydrogens (tertiary/aromatic N) is 1. The Bertz CT molecular complexity index is 803. The van der Waals surface area contributed by atoms with Gasteiger partial charge in [-0.1, -0.05) is 49.6 Å². The van der Waals surface area contributed by atoms with Crippen molar-refractivity contribution in [3.8, 4) is 0 Å². The van der Waals surface area contributed by atoms with E-state index in [1.54, 1.807) is 0 Å². The van der Waals surface area contributed by atoms with Gasteiger partial charge >= 0.3 is 0 Å². The number of pyridine rings is 1. The number of fused-ring (bicyclic) bond motifs is 3. The number of hydrogen-bond donors (Lipinski definition) is 0. The number of aromatic nitrogens is 1. The molecule has 106 valence electrons. The summed E-state index contributed by atoms with van der Waals surface area (Å²) < 4.78 is 1.20. The minimum absolute atomic E-state index is 0.408. The van der Waals surface area contributed by atoms with Gasteiger partial charge in [-0.15, -0.1) is 0 Å². The lowest BCUT2D eigenvalue weighted by Gasteiger charge is -2.22. The summed E-state index contributed by atoms with van der Waals surface area (Å²) in [6.45, 7) is 0. The molecule has 0 aliphatic heterocycles. The summed E-state index contributed by atoms with van der Waals surface area (Å²) in [5, 5.41) is 16.4. The first kappa shape index (κ1) is 12.6. The SMILES string of the molecule is [O-][n+]1c(C2CCCCC2)c2ccccc2c2ccccc21. The van der Waals surface area contributed by atoms with Gasteiger partial charge in [0.25, 0.3) is 0 Å². The van der Waals surface area contributed by atoms with E-state index in [9.17, 15) is 5.21 Å². The molecule has 2 nitrogen and oxygen atoms in total. The second kappa shape index (κ2) is 5.03. The van der Waals surface area contributed by atoms with Crippen LogP contribution in [-0.4, -0.2) is 0 Å². The van der Waals surface area contributed by atoms with Crippen LogP contribution in [0.4, 0.5) is 0 Å². The average molecular weight is 277 g/mol. The molecule has 2 aromatic carbocycles. The van der Waals surface area contributed by atoms with Crippen LogP contribution < -0.4 is 4.73 Å². The van der Waals surface area contributed by atoms with E-state index in [-0.39, 0.29) is 0 Å². The Balaban J connectivity index is 2.09. The molecule has 1 heterocycles. The van der Waals surface area contributed by atoms with Crippen molar-refractivity contribution in [3.63, 3.8) is 0 Å². The van der Waals surface area contributed by atoms with Crippen LogP contribution in [0.2, 0.25) is 0 Å². The lowest BCUT2D eigenvalue weighted by molar-refractivity contribution is -0.586. The van der Waals surface area contributed by atoms with E-state index >= 15 is 0 Å². The van der Waals surface area contributed by atoms with Gasteiger partial charge in [0.05, 0.1) is 10.8 Å².